The van der Waals surface area contributed by atoms with Crippen LogP contribution in [-0.4, -0.2) is 12.5 Å². The standard InChI is InChI=1S/C17H14FNO2S/c18-13-5-3-12(4-6-13)15-7-8-16(21-15)17(20)19-10-9-14-2-1-11-22-14/h1-8,11H,9-10H2,(H,19,20). The first kappa shape index (κ1) is 14.5. The first-order valence-corrected chi connectivity index (χ1v) is 7.77. The van der Waals surface area contributed by atoms with Crippen molar-refractivity contribution in [3.63, 3.8) is 0 Å². The highest BCUT2D eigenvalue weighted by Crippen LogP contribution is 2.22. The van der Waals surface area contributed by atoms with E-state index in [4.69, 9.17) is 4.42 Å². The molecular formula is C17H14FNO2S. The van der Waals surface area contributed by atoms with E-state index in [-0.39, 0.29) is 17.5 Å². The summed E-state index contributed by atoms with van der Waals surface area (Å²) in [4.78, 5) is 13.2. The maximum atomic E-state index is 12.9. The van der Waals surface area contributed by atoms with Gasteiger partial charge in [0.1, 0.15) is 11.6 Å². The van der Waals surface area contributed by atoms with Gasteiger partial charge >= 0.3 is 0 Å². The van der Waals surface area contributed by atoms with Crippen molar-refractivity contribution in [2.45, 2.75) is 6.42 Å². The molecule has 0 aliphatic rings. The number of rotatable bonds is 5. The molecule has 2 aromatic heterocycles. The van der Waals surface area contributed by atoms with Crippen LogP contribution in [0, 0.1) is 5.82 Å². The van der Waals surface area contributed by atoms with E-state index in [1.807, 2.05) is 17.5 Å². The van der Waals surface area contributed by atoms with Crippen LogP contribution in [0.15, 0.2) is 58.3 Å². The highest BCUT2D eigenvalue weighted by Gasteiger charge is 2.11. The molecule has 0 fully saturated rings. The number of amides is 1. The number of benzene rings is 1. The third kappa shape index (κ3) is 3.43. The van der Waals surface area contributed by atoms with Gasteiger partial charge in [0.15, 0.2) is 5.76 Å². The topological polar surface area (TPSA) is 42.2 Å². The van der Waals surface area contributed by atoms with Gasteiger partial charge in [0.25, 0.3) is 5.91 Å². The normalized spacial score (nSPS) is 10.6. The number of furan rings is 1. The van der Waals surface area contributed by atoms with Crippen LogP contribution in [-0.2, 0) is 6.42 Å². The van der Waals surface area contributed by atoms with E-state index in [9.17, 15) is 9.18 Å². The Morgan fingerprint density at radius 1 is 1.14 bits per heavy atom. The highest BCUT2D eigenvalue weighted by molar-refractivity contribution is 7.09. The lowest BCUT2D eigenvalue weighted by Gasteiger charge is -2.02. The summed E-state index contributed by atoms with van der Waals surface area (Å²) in [5, 5.41) is 4.84. The fraction of sp³-hybridized carbons (Fsp3) is 0.118. The Balaban J connectivity index is 1.60. The summed E-state index contributed by atoms with van der Waals surface area (Å²) in [6.45, 7) is 0.561. The summed E-state index contributed by atoms with van der Waals surface area (Å²) in [6, 6.07) is 13.3. The van der Waals surface area contributed by atoms with E-state index < -0.39 is 0 Å². The minimum atomic E-state index is -0.304. The Morgan fingerprint density at radius 3 is 2.68 bits per heavy atom. The zero-order valence-electron chi connectivity index (χ0n) is 11.7. The number of hydrogen-bond acceptors (Lipinski definition) is 3. The molecule has 0 aliphatic heterocycles. The molecule has 112 valence electrons. The molecule has 3 aromatic rings. The SMILES string of the molecule is O=C(NCCc1cccs1)c1ccc(-c2ccc(F)cc2)o1. The van der Waals surface area contributed by atoms with Crippen molar-refractivity contribution in [2.24, 2.45) is 0 Å². The molecule has 0 bridgehead atoms. The van der Waals surface area contributed by atoms with Crippen molar-refractivity contribution in [1.29, 1.82) is 0 Å². The number of nitrogens with one attached hydrogen (secondary N) is 1. The van der Waals surface area contributed by atoms with E-state index in [2.05, 4.69) is 5.32 Å². The maximum Gasteiger partial charge on any atom is 0.287 e. The van der Waals surface area contributed by atoms with Gasteiger partial charge < -0.3 is 9.73 Å². The lowest BCUT2D eigenvalue weighted by molar-refractivity contribution is 0.0927. The molecule has 0 unspecified atom stereocenters. The number of thiophene rings is 1. The molecule has 3 rings (SSSR count). The Hall–Kier alpha value is -2.40. The van der Waals surface area contributed by atoms with Crippen LogP contribution in [0.3, 0.4) is 0 Å². The summed E-state index contributed by atoms with van der Waals surface area (Å²) < 4.78 is 18.4. The highest BCUT2D eigenvalue weighted by atomic mass is 32.1. The first-order valence-electron chi connectivity index (χ1n) is 6.89. The van der Waals surface area contributed by atoms with Crippen LogP contribution in [0.4, 0.5) is 4.39 Å². The Morgan fingerprint density at radius 2 is 1.95 bits per heavy atom. The largest absolute Gasteiger partial charge is 0.451 e. The van der Waals surface area contributed by atoms with Crippen molar-refractivity contribution in [3.05, 3.63) is 70.4 Å². The second-order valence-electron chi connectivity index (χ2n) is 4.76. The minimum Gasteiger partial charge on any atom is -0.451 e. The molecule has 0 saturated carbocycles. The quantitative estimate of drug-likeness (QED) is 0.769. The van der Waals surface area contributed by atoms with Crippen LogP contribution < -0.4 is 5.32 Å². The van der Waals surface area contributed by atoms with Crippen LogP contribution in [0.1, 0.15) is 15.4 Å². The number of halogens is 1. The molecule has 0 aliphatic carbocycles. The smallest absolute Gasteiger partial charge is 0.287 e. The molecule has 0 spiro atoms. The van der Waals surface area contributed by atoms with E-state index in [1.165, 1.54) is 17.0 Å². The lowest BCUT2D eigenvalue weighted by Crippen LogP contribution is -2.25. The predicted octanol–water partition coefficient (Wildman–Crippen LogP) is 4.12. The van der Waals surface area contributed by atoms with Gasteiger partial charge in [-0.15, -0.1) is 11.3 Å². The minimum absolute atomic E-state index is 0.245. The third-order valence-electron chi connectivity index (χ3n) is 3.20. The number of carbonyl (C=O) groups excluding carboxylic acids is 1. The molecule has 0 saturated heterocycles. The summed E-state index contributed by atoms with van der Waals surface area (Å²) in [7, 11) is 0. The Bertz CT molecular complexity index is 747. The summed E-state index contributed by atoms with van der Waals surface area (Å²) in [5.41, 5.74) is 0.735. The molecule has 1 N–H and O–H groups in total. The molecule has 3 nitrogen and oxygen atoms in total. The van der Waals surface area contributed by atoms with Crippen LogP contribution in [0.25, 0.3) is 11.3 Å². The van der Waals surface area contributed by atoms with Gasteiger partial charge in [-0.1, -0.05) is 6.07 Å². The fourth-order valence-corrected chi connectivity index (χ4v) is 2.78. The molecule has 5 heteroatoms. The molecule has 1 amide bonds. The second kappa shape index (κ2) is 6.58. The van der Waals surface area contributed by atoms with E-state index in [0.29, 0.717) is 12.3 Å². The van der Waals surface area contributed by atoms with Crippen molar-refractivity contribution in [2.75, 3.05) is 6.54 Å². The van der Waals surface area contributed by atoms with E-state index >= 15 is 0 Å². The summed E-state index contributed by atoms with van der Waals surface area (Å²) >= 11 is 1.67. The van der Waals surface area contributed by atoms with Gasteiger partial charge in [0.2, 0.25) is 0 Å². The molecule has 0 radical (unpaired) electrons. The predicted molar refractivity (Wildman–Crippen MR) is 84.5 cm³/mol. The molecule has 1 aromatic carbocycles. The van der Waals surface area contributed by atoms with E-state index in [1.54, 1.807) is 35.6 Å². The van der Waals surface area contributed by atoms with Gasteiger partial charge in [0.05, 0.1) is 0 Å². The summed E-state index contributed by atoms with van der Waals surface area (Å²) in [6.07, 6.45) is 0.801. The van der Waals surface area contributed by atoms with Crippen molar-refractivity contribution in [1.82, 2.24) is 5.32 Å². The number of hydrogen-bond donors (Lipinski definition) is 1. The average molecular weight is 315 g/mol. The molecule has 0 atom stereocenters. The number of carbonyl (C=O) groups is 1. The average Bonchev–Trinajstić information content (AvgIpc) is 3.19. The monoisotopic (exact) mass is 315 g/mol. The van der Waals surface area contributed by atoms with Gasteiger partial charge in [-0.25, -0.2) is 4.39 Å². The van der Waals surface area contributed by atoms with Gasteiger partial charge in [-0.3, -0.25) is 4.79 Å². The second-order valence-corrected chi connectivity index (χ2v) is 5.79. The van der Waals surface area contributed by atoms with Crippen LogP contribution in [0.2, 0.25) is 0 Å². The van der Waals surface area contributed by atoms with Crippen molar-refractivity contribution >= 4 is 17.2 Å². The Kier molecular flexibility index (Phi) is 4.34. The van der Waals surface area contributed by atoms with Gasteiger partial charge in [0, 0.05) is 17.0 Å². The molecule has 22 heavy (non-hydrogen) atoms. The van der Waals surface area contributed by atoms with Crippen molar-refractivity contribution < 1.29 is 13.6 Å². The van der Waals surface area contributed by atoms with Crippen LogP contribution >= 0.6 is 11.3 Å². The molecular weight excluding hydrogens is 301 g/mol. The maximum absolute atomic E-state index is 12.9. The fourth-order valence-electron chi connectivity index (χ4n) is 2.07. The third-order valence-corrected chi connectivity index (χ3v) is 4.13. The lowest BCUT2D eigenvalue weighted by atomic mass is 10.2. The van der Waals surface area contributed by atoms with Gasteiger partial charge in [-0.05, 0) is 54.3 Å². The first-order chi connectivity index (χ1) is 10.7. The Labute approximate surface area is 131 Å². The van der Waals surface area contributed by atoms with Crippen LogP contribution in [0.5, 0.6) is 0 Å². The van der Waals surface area contributed by atoms with Gasteiger partial charge in [-0.2, -0.15) is 0 Å². The zero-order valence-corrected chi connectivity index (χ0v) is 12.5. The van der Waals surface area contributed by atoms with E-state index in [0.717, 1.165) is 12.0 Å². The zero-order chi connectivity index (χ0) is 15.4. The van der Waals surface area contributed by atoms with Crippen molar-refractivity contribution in [3.8, 4) is 11.3 Å². The molecule has 2 heterocycles. The summed E-state index contributed by atoms with van der Waals surface area (Å²) in [5.74, 6) is 0.251.